The van der Waals surface area contributed by atoms with Gasteiger partial charge in [-0.15, -0.1) is 4.91 Å². The molecule has 0 bridgehead atoms. The van der Waals surface area contributed by atoms with E-state index in [0.717, 1.165) is 49.0 Å². The van der Waals surface area contributed by atoms with E-state index in [1.165, 1.54) is 6.07 Å². The van der Waals surface area contributed by atoms with Crippen LogP contribution in [0.1, 0.15) is 0 Å². The quantitative estimate of drug-likeness (QED) is 0.264. The van der Waals surface area contributed by atoms with Crippen molar-refractivity contribution in [1.29, 1.82) is 0 Å². The highest BCUT2D eigenvalue weighted by Crippen LogP contribution is 2.24. The van der Waals surface area contributed by atoms with Gasteiger partial charge in [0.05, 0.1) is 18.9 Å². The lowest BCUT2D eigenvalue weighted by Gasteiger charge is -2.27. The summed E-state index contributed by atoms with van der Waals surface area (Å²) in [4.78, 5) is 30.8. The molecule has 5 heterocycles. The third kappa shape index (κ3) is 4.57. The van der Waals surface area contributed by atoms with Crippen LogP contribution in [0.25, 0.3) is 16.9 Å². The molecule has 0 spiro atoms. The number of morpholine rings is 1. The predicted octanol–water partition coefficient (Wildman–Crippen LogP) is 2.53. The lowest BCUT2D eigenvalue weighted by molar-refractivity contribution is 0.122. The molecule has 0 aliphatic carbocycles. The van der Waals surface area contributed by atoms with Gasteiger partial charge in [-0.2, -0.15) is 0 Å². The highest BCUT2D eigenvalue weighted by Gasteiger charge is 2.13. The second-order valence-electron chi connectivity index (χ2n) is 7.67. The number of anilines is 4. The van der Waals surface area contributed by atoms with E-state index in [2.05, 4.69) is 35.7 Å². The number of hydrogen-bond donors (Lipinski definition) is 3. The Hall–Kier alpha value is -4.32. The Bertz CT molecular complexity index is 1280. The molecule has 5 rings (SSSR count). The number of nitrogens with one attached hydrogen (secondary N) is 2. The number of rotatable bonds is 8. The van der Waals surface area contributed by atoms with E-state index in [4.69, 9.17) is 15.5 Å². The van der Waals surface area contributed by atoms with Gasteiger partial charge in [0.2, 0.25) is 5.95 Å². The summed E-state index contributed by atoms with van der Waals surface area (Å²) in [7, 11) is 0. The van der Waals surface area contributed by atoms with Crippen molar-refractivity contribution in [1.82, 2.24) is 24.3 Å². The molecule has 12 nitrogen and oxygen atoms in total. The zero-order chi connectivity index (χ0) is 23.3. The van der Waals surface area contributed by atoms with Crippen LogP contribution in [0.3, 0.4) is 0 Å². The molecule has 1 saturated heterocycles. The van der Waals surface area contributed by atoms with Crippen LogP contribution >= 0.6 is 0 Å². The van der Waals surface area contributed by atoms with Crippen LogP contribution in [0.15, 0.2) is 54.1 Å². The topological polar surface area (TPSA) is 148 Å². The van der Waals surface area contributed by atoms with Crippen LogP contribution in [0.4, 0.5) is 29.1 Å². The van der Waals surface area contributed by atoms with E-state index in [0.29, 0.717) is 24.9 Å². The van der Waals surface area contributed by atoms with E-state index in [1.807, 2.05) is 35.0 Å². The summed E-state index contributed by atoms with van der Waals surface area (Å²) in [6.45, 7) is 4.23. The third-order valence-corrected chi connectivity index (χ3v) is 5.48. The molecular weight excluding hydrogens is 436 g/mol. The summed E-state index contributed by atoms with van der Waals surface area (Å²) in [5, 5.41) is 9.32. The van der Waals surface area contributed by atoms with Crippen molar-refractivity contribution in [3.63, 3.8) is 0 Å². The number of imidazole rings is 1. The molecule has 4 aromatic heterocycles. The number of pyridine rings is 2. The van der Waals surface area contributed by atoms with Gasteiger partial charge in [-0.1, -0.05) is 0 Å². The number of nitrogens with two attached hydrogens (primary N) is 1. The standard InChI is InChI=1S/C22H24N10O2/c23-21-16(30-33)2-3-18(29-21)24-5-6-26-22-28-17(13-20-25-7-8-32(20)22)15-1-4-19(27-14-15)31-9-11-34-12-10-31/h1-4,7-8,13-14H,5-6,9-12H2,(H,26,28)(H3,23,24,29). The summed E-state index contributed by atoms with van der Waals surface area (Å²) in [5.74, 6) is 2.25. The molecule has 0 atom stereocenters. The number of fused-ring (bicyclic) bond motifs is 1. The molecule has 12 heteroatoms. The fourth-order valence-corrected chi connectivity index (χ4v) is 3.72. The summed E-state index contributed by atoms with van der Waals surface area (Å²) in [6, 6.07) is 9.17. The molecule has 0 unspecified atom stereocenters. The number of nitrogen functional groups attached to an aromatic ring is 1. The van der Waals surface area contributed by atoms with Gasteiger partial charge in [0, 0.05) is 56.4 Å². The average Bonchev–Trinajstić information content (AvgIpc) is 3.36. The maximum atomic E-state index is 10.6. The molecule has 1 aliphatic rings. The minimum atomic E-state index is 0.0932. The van der Waals surface area contributed by atoms with E-state index in [-0.39, 0.29) is 11.5 Å². The number of ether oxygens (including phenoxy) is 1. The molecule has 0 aromatic carbocycles. The van der Waals surface area contributed by atoms with Crippen molar-refractivity contribution in [3.05, 3.63) is 53.8 Å². The highest BCUT2D eigenvalue weighted by atomic mass is 16.5. The van der Waals surface area contributed by atoms with Gasteiger partial charge in [-0.25, -0.2) is 19.9 Å². The van der Waals surface area contributed by atoms with E-state index in [1.54, 1.807) is 12.3 Å². The van der Waals surface area contributed by atoms with Crippen molar-refractivity contribution in [2.24, 2.45) is 5.18 Å². The first-order valence-electron chi connectivity index (χ1n) is 10.9. The minimum Gasteiger partial charge on any atom is -0.382 e. The van der Waals surface area contributed by atoms with Gasteiger partial charge in [0.1, 0.15) is 23.0 Å². The Balaban J connectivity index is 1.28. The summed E-state index contributed by atoms with van der Waals surface area (Å²) >= 11 is 0. The van der Waals surface area contributed by atoms with Crippen LogP contribution in [0, 0.1) is 4.91 Å². The largest absolute Gasteiger partial charge is 0.382 e. The number of nitroso groups, excluding NO2 is 1. The Kier molecular flexibility index (Phi) is 6.12. The maximum absolute atomic E-state index is 10.6. The lowest BCUT2D eigenvalue weighted by Crippen LogP contribution is -2.36. The van der Waals surface area contributed by atoms with Gasteiger partial charge >= 0.3 is 0 Å². The van der Waals surface area contributed by atoms with Gasteiger partial charge < -0.3 is 26.0 Å². The minimum absolute atomic E-state index is 0.0932. The van der Waals surface area contributed by atoms with Crippen LogP contribution in [-0.2, 0) is 4.74 Å². The van der Waals surface area contributed by atoms with Gasteiger partial charge in [-0.05, 0) is 29.4 Å². The Morgan fingerprint density at radius 3 is 2.68 bits per heavy atom. The predicted molar refractivity (Wildman–Crippen MR) is 130 cm³/mol. The van der Waals surface area contributed by atoms with Crippen molar-refractivity contribution < 1.29 is 4.74 Å². The summed E-state index contributed by atoms with van der Waals surface area (Å²) < 4.78 is 7.31. The molecule has 1 fully saturated rings. The SMILES string of the molecule is Nc1nc(NCCNc2nc(-c3ccc(N4CCOCC4)nc3)cc3nccn23)ccc1N=O. The van der Waals surface area contributed by atoms with Crippen molar-refractivity contribution in [3.8, 4) is 11.3 Å². The number of hydrogen-bond acceptors (Lipinski definition) is 11. The van der Waals surface area contributed by atoms with Gasteiger partial charge in [0.15, 0.2) is 5.82 Å². The first-order valence-corrected chi connectivity index (χ1v) is 10.9. The van der Waals surface area contributed by atoms with Crippen molar-refractivity contribution >= 4 is 34.7 Å². The van der Waals surface area contributed by atoms with Gasteiger partial charge in [0.25, 0.3) is 0 Å². The summed E-state index contributed by atoms with van der Waals surface area (Å²) in [5.41, 5.74) is 8.30. The Morgan fingerprint density at radius 1 is 1.06 bits per heavy atom. The number of aromatic nitrogens is 5. The molecule has 4 aromatic rings. The smallest absolute Gasteiger partial charge is 0.209 e. The molecule has 0 radical (unpaired) electrons. The van der Waals surface area contributed by atoms with Crippen molar-refractivity contribution in [2.75, 3.05) is 60.7 Å². The lowest BCUT2D eigenvalue weighted by atomic mass is 10.2. The molecule has 174 valence electrons. The fourth-order valence-electron chi connectivity index (χ4n) is 3.72. The fraction of sp³-hybridized carbons (Fsp3) is 0.273. The molecule has 34 heavy (non-hydrogen) atoms. The second kappa shape index (κ2) is 9.67. The second-order valence-corrected chi connectivity index (χ2v) is 7.67. The maximum Gasteiger partial charge on any atom is 0.209 e. The zero-order valence-corrected chi connectivity index (χ0v) is 18.4. The van der Waals surface area contributed by atoms with Crippen molar-refractivity contribution in [2.45, 2.75) is 0 Å². The Morgan fingerprint density at radius 2 is 1.91 bits per heavy atom. The molecular formula is C22H24N10O2. The van der Waals surface area contributed by atoms with Crippen LogP contribution in [0.5, 0.6) is 0 Å². The average molecular weight is 461 g/mol. The molecule has 4 N–H and O–H groups in total. The van der Waals surface area contributed by atoms with E-state index < -0.39 is 0 Å². The van der Waals surface area contributed by atoms with Crippen LogP contribution in [-0.4, -0.2) is 63.7 Å². The molecule has 0 amide bonds. The van der Waals surface area contributed by atoms with Gasteiger partial charge in [-0.3, -0.25) is 4.40 Å². The monoisotopic (exact) mass is 460 g/mol. The number of nitrogens with zero attached hydrogens (tertiary/aromatic N) is 7. The zero-order valence-electron chi connectivity index (χ0n) is 18.4. The van der Waals surface area contributed by atoms with E-state index in [9.17, 15) is 4.91 Å². The first kappa shape index (κ1) is 21.5. The van der Waals surface area contributed by atoms with Crippen LogP contribution < -0.4 is 21.3 Å². The van der Waals surface area contributed by atoms with E-state index >= 15 is 0 Å². The normalized spacial score (nSPS) is 13.7. The van der Waals surface area contributed by atoms with Crippen LogP contribution in [0.2, 0.25) is 0 Å². The first-order chi connectivity index (χ1) is 16.7. The third-order valence-electron chi connectivity index (χ3n) is 5.48. The summed E-state index contributed by atoms with van der Waals surface area (Å²) in [6.07, 6.45) is 5.43. The molecule has 1 aliphatic heterocycles. The Labute approximate surface area is 195 Å². The molecule has 0 saturated carbocycles. The highest BCUT2D eigenvalue weighted by molar-refractivity contribution is 5.66.